The molecule has 22 heavy (non-hydrogen) atoms. The number of amides is 1. The fourth-order valence-electron chi connectivity index (χ4n) is 1.77. The van der Waals surface area contributed by atoms with Crippen molar-refractivity contribution in [2.24, 2.45) is 0 Å². The Morgan fingerprint density at radius 1 is 1.41 bits per heavy atom. The van der Waals surface area contributed by atoms with Crippen LogP contribution >= 0.6 is 11.8 Å². The van der Waals surface area contributed by atoms with Gasteiger partial charge in [0.25, 0.3) is 0 Å². The number of aromatic amines is 1. The highest BCUT2D eigenvalue weighted by Gasteiger charge is 2.09. The van der Waals surface area contributed by atoms with Crippen LogP contribution in [0.2, 0.25) is 0 Å². The van der Waals surface area contributed by atoms with Crippen molar-refractivity contribution in [1.29, 1.82) is 0 Å². The molecule has 0 fully saturated rings. The lowest BCUT2D eigenvalue weighted by atomic mass is 10.3. The molecular formula is C15H17N3O3S. The number of aromatic nitrogens is 2. The number of nitrogens with zero attached hydrogens (tertiary/aromatic N) is 1. The van der Waals surface area contributed by atoms with Gasteiger partial charge in [0, 0.05) is 6.20 Å². The lowest BCUT2D eigenvalue weighted by Gasteiger charge is -2.11. The minimum absolute atomic E-state index is 0.172. The summed E-state index contributed by atoms with van der Waals surface area (Å²) < 4.78 is 5.46. The van der Waals surface area contributed by atoms with Crippen LogP contribution in [0.5, 0.6) is 5.75 Å². The maximum Gasteiger partial charge on any atom is 0.345 e. The van der Waals surface area contributed by atoms with E-state index in [0.29, 0.717) is 23.1 Å². The number of benzene rings is 1. The molecule has 0 unspecified atom stereocenters. The first kappa shape index (κ1) is 16.1. The summed E-state index contributed by atoms with van der Waals surface area (Å²) in [5.41, 5.74) is 1.04. The minimum Gasteiger partial charge on any atom is -0.492 e. The molecule has 0 bridgehead atoms. The average molecular weight is 319 g/mol. The second kappa shape index (κ2) is 7.65. The van der Waals surface area contributed by atoms with E-state index in [2.05, 4.69) is 15.3 Å². The number of rotatable bonds is 6. The molecule has 0 saturated heterocycles. The van der Waals surface area contributed by atoms with Gasteiger partial charge in [-0.2, -0.15) is 0 Å². The molecule has 6 nitrogen and oxygen atoms in total. The molecule has 1 aromatic carbocycles. The minimum atomic E-state index is -0.421. The number of nitrogens with one attached hydrogen (secondary N) is 2. The van der Waals surface area contributed by atoms with Gasteiger partial charge in [0.1, 0.15) is 5.75 Å². The van der Waals surface area contributed by atoms with E-state index < -0.39 is 5.69 Å². The Hall–Kier alpha value is -2.28. The van der Waals surface area contributed by atoms with Gasteiger partial charge in [-0.05, 0) is 31.5 Å². The first-order chi connectivity index (χ1) is 10.6. The summed E-state index contributed by atoms with van der Waals surface area (Å²) in [7, 11) is 0. The van der Waals surface area contributed by atoms with Crippen LogP contribution in [-0.2, 0) is 4.79 Å². The lowest BCUT2D eigenvalue weighted by Crippen LogP contribution is -2.16. The van der Waals surface area contributed by atoms with E-state index in [-0.39, 0.29) is 11.7 Å². The number of hydrogen-bond acceptors (Lipinski definition) is 5. The molecule has 0 aliphatic carbocycles. The van der Waals surface area contributed by atoms with Crippen molar-refractivity contribution >= 4 is 23.4 Å². The predicted octanol–water partition coefficient (Wildman–Crippen LogP) is 2.21. The maximum atomic E-state index is 12.0. The smallest absolute Gasteiger partial charge is 0.345 e. The molecule has 2 N–H and O–H groups in total. The Bertz CT molecular complexity index is 715. The number of hydrogen-bond donors (Lipinski definition) is 2. The van der Waals surface area contributed by atoms with Gasteiger partial charge in [0.2, 0.25) is 5.91 Å². The van der Waals surface area contributed by atoms with Crippen molar-refractivity contribution in [3.8, 4) is 5.75 Å². The SMILES string of the molecule is CCOc1ccccc1NC(=O)CSc1[nH]c(=O)ncc1C. The first-order valence-corrected chi connectivity index (χ1v) is 7.79. The quantitative estimate of drug-likeness (QED) is 0.630. The van der Waals surface area contributed by atoms with E-state index in [4.69, 9.17) is 4.74 Å². The molecular weight excluding hydrogens is 302 g/mol. The molecule has 2 rings (SSSR count). The molecule has 0 atom stereocenters. The number of ether oxygens (including phenoxy) is 1. The Balaban J connectivity index is 1.99. The van der Waals surface area contributed by atoms with Gasteiger partial charge in [0.05, 0.1) is 23.1 Å². The zero-order chi connectivity index (χ0) is 15.9. The highest BCUT2D eigenvalue weighted by molar-refractivity contribution is 8.00. The maximum absolute atomic E-state index is 12.0. The molecule has 0 aliphatic rings. The van der Waals surface area contributed by atoms with Gasteiger partial charge in [-0.25, -0.2) is 9.78 Å². The van der Waals surface area contributed by atoms with E-state index in [0.717, 1.165) is 5.56 Å². The van der Waals surface area contributed by atoms with Gasteiger partial charge in [-0.1, -0.05) is 23.9 Å². The Morgan fingerprint density at radius 3 is 2.95 bits per heavy atom. The van der Waals surface area contributed by atoms with Crippen LogP contribution in [0.1, 0.15) is 12.5 Å². The Labute approximate surface area is 132 Å². The van der Waals surface area contributed by atoms with Crippen LogP contribution in [0.3, 0.4) is 0 Å². The van der Waals surface area contributed by atoms with E-state index in [1.165, 1.54) is 18.0 Å². The summed E-state index contributed by atoms with van der Waals surface area (Å²) in [4.78, 5) is 29.5. The highest BCUT2D eigenvalue weighted by atomic mass is 32.2. The number of carbonyl (C=O) groups is 1. The Morgan fingerprint density at radius 2 is 2.18 bits per heavy atom. The summed E-state index contributed by atoms with van der Waals surface area (Å²) in [6, 6.07) is 7.26. The first-order valence-electron chi connectivity index (χ1n) is 6.80. The molecule has 2 aromatic rings. The molecule has 1 amide bonds. The van der Waals surface area contributed by atoms with Gasteiger partial charge in [0.15, 0.2) is 0 Å². The highest BCUT2D eigenvalue weighted by Crippen LogP contribution is 2.24. The second-order valence-electron chi connectivity index (χ2n) is 4.47. The summed E-state index contributed by atoms with van der Waals surface area (Å²) in [6.07, 6.45) is 1.49. The van der Waals surface area contributed by atoms with Crippen LogP contribution < -0.4 is 15.7 Å². The van der Waals surface area contributed by atoms with Gasteiger partial charge < -0.3 is 15.0 Å². The van der Waals surface area contributed by atoms with Crippen molar-refractivity contribution < 1.29 is 9.53 Å². The predicted molar refractivity (Wildman–Crippen MR) is 86.6 cm³/mol. The van der Waals surface area contributed by atoms with Crippen LogP contribution in [-0.4, -0.2) is 28.2 Å². The van der Waals surface area contributed by atoms with Crippen molar-refractivity contribution in [2.75, 3.05) is 17.7 Å². The van der Waals surface area contributed by atoms with Crippen LogP contribution in [0, 0.1) is 6.92 Å². The standard InChI is InChI=1S/C15H17N3O3S/c1-3-21-12-7-5-4-6-11(12)17-13(19)9-22-14-10(2)8-16-15(20)18-14/h4-8H,3,9H2,1-2H3,(H,17,19)(H,16,18,20). The van der Waals surface area contributed by atoms with Crippen molar-refractivity contribution in [2.45, 2.75) is 18.9 Å². The van der Waals surface area contributed by atoms with Crippen LogP contribution in [0.4, 0.5) is 5.69 Å². The van der Waals surface area contributed by atoms with Gasteiger partial charge >= 0.3 is 5.69 Å². The number of aryl methyl sites for hydroxylation is 1. The number of para-hydroxylation sites is 2. The molecule has 7 heteroatoms. The van der Waals surface area contributed by atoms with E-state index in [1.54, 1.807) is 12.1 Å². The topological polar surface area (TPSA) is 84.1 Å². The Kier molecular flexibility index (Phi) is 5.60. The zero-order valence-corrected chi connectivity index (χ0v) is 13.2. The van der Waals surface area contributed by atoms with Crippen LogP contribution in [0.25, 0.3) is 0 Å². The fraction of sp³-hybridized carbons (Fsp3) is 0.267. The van der Waals surface area contributed by atoms with Crippen molar-refractivity contribution in [1.82, 2.24) is 9.97 Å². The number of H-pyrrole nitrogens is 1. The molecule has 116 valence electrons. The fourth-order valence-corrected chi connectivity index (χ4v) is 2.55. The molecule has 1 heterocycles. The summed E-state index contributed by atoms with van der Waals surface area (Å²) in [5, 5.41) is 3.45. The average Bonchev–Trinajstić information content (AvgIpc) is 2.50. The number of thioether (sulfide) groups is 1. The monoisotopic (exact) mass is 319 g/mol. The lowest BCUT2D eigenvalue weighted by molar-refractivity contribution is -0.113. The van der Waals surface area contributed by atoms with Crippen molar-refractivity contribution in [3.63, 3.8) is 0 Å². The number of carbonyl (C=O) groups excluding carboxylic acids is 1. The van der Waals surface area contributed by atoms with Crippen molar-refractivity contribution in [3.05, 3.63) is 46.5 Å². The van der Waals surface area contributed by atoms with E-state index in [1.807, 2.05) is 26.0 Å². The van der Waals surface area contributed by atoms with Crippen LogP contribution in [0.15, 0.2) is 40.3 Å². The summed E-state index contributed by atoms with van der Waals surface area (Å²) in [5.74, 6) is 0.646. The van der Waals surface area contributed by atoms with E-state index in [9.17, 15) is 9.59 Å². The molecule has 0 spiro atoms. The summed E-state index contributed by atoms with van der Waals surface area (Å²) >= 11 is 1.26. The molecule has 0 aliphatic heterocycles. The van der Waals surface area contributed by atoms with Gasteiger partial charge in [-0.15, -0.1) is 0 Å². The normalized spacial score (nSPS) is 10.3. The molecule has 1 aromatic heterocycles. The van der Waals surface area contributed by atoms with E-state index >= 15 is 0 Å². The number of anilines is 1. The second-order valence-corrected chi connectivity index (χ2v) is 5.45. The largest absolute Gasteiger partial charge is 0.492 e. The zero-order valence-electron chi connectivity index (χ0n) is 12.4. The molecule has 0 radical (unpaired) electrons. The third-order valence-corrected chi connectivity index (χ3v) is 3.88. The van der Waals surface area contributed by atoms with Gasteiger partial charge in [-0.3, -0.25) is 4.79 Å². The molecule has 0 saturated carbocycles. The third-order valence-electron chi connectivity index (χ3n) is 2.76. The summed E-state index contributed by atoms with van der Waals surface area (Å²) in [6.45, 7) is 4.24. The third kappa shape index (κ3) is 4.36.